The lowest BCUT2D eigenvalue weighted by molar-refractivity contribution is -0.136. The van der Waals surface area contributed by atoms with Crippen LogP contribution in [0.15, 0.2) is 9.95 Å². The number of amides is 1. The van der Waals surface area contributed by atoms with Crippen LogP contribution in [0.1, 0.15) is 31.0 Å². The molecule has 22 heavy (non-hydrogen) atoms. The Labute approximate surface area is 130 Å². The Morgan fingerprint density at radius 3 is 2.82 bits per heavy atom. The Hall–Kier alpha value is -2.34. The molecular weight excluding hydrogens is 308 g/mol. The van der Waals surface area contributed by atoms with Crippen LogP contribution in [0.5, 0.6) is 0 Å². The number of aromatic nitrogens is 2. The standard InChI is InChI=1S/C13H16N4O4S/c1-2-3-9-8(6-14)12(21)17-13(16-9)22-7-10(18)15-5-4-11(19)20/h2-5,7H2,1H3,(H,15,18)(H,19,20)(H,16,17,21). The molecule has 1 rings (SSSR count). The summed E-state index contributed by atoms with van der Waals surface area (Å²) >= 11 is 1.03. The lowest BCUT2D eigenvalue weighted by atomic mass is 10.1. The first-order valence-electron chi connectivity index (χ1n) is 6.62. The van der Waals surface area contributed by atoms with Crippen molar-refractivity contribution in [2.45, 2.75) is 31.3 Å². The topological polar surface area (TPSA) is 136 Å². The molecule has 1 aromatic rings. The number of H-pyrrole nitrogens is 1. The highest BCUT2D eigenvalue weighted by atomic mass is 32.2. The molecule has 0 unspecified atom stereocenters. The molecule has 1 heterocycles. The summed E-state index contributed by atoms with van der Waals surface area (Å²) in [5.74, 6) is -1.34. The molecule has 0 aliphatic heterocycles. The second-order valence-electron chi connectivity index (χ2n) is 4.34. The number of thioether (sulfide) groups is 1. The van der Waals surface area contributed by atoms with Crippen molar-refractivity contribution in [2.24, 2.45) is 0 Å². The fourth-order valence-corrected chi connectivity index (χ4v) is 2.30. The van der Waals surface area contributed by atoms with Crippen molar-refractivity contribution in [3.05, 3.63) is 21.6 Å². The van der Waals surface area contributed by atoms with E-state index in [4.69, 9.17) is 10.4 Å². The van der Waals surface area contributed by atoms with E-state index in [9.17, 15) is 14.4 Å². The SMILES string of the molecule is CCCc1nc(SCC(=O)NCCC(=O)O)[nH]c(=O)c1C#N. The normalized spacial score (nSPS) is 10.0. The van der Waals surface area contributed by atoms with Gasteiger partial charge in [-0.25, -0.2) is 4.98 Å². The van der Waals surface area contributed by atoms with Gasteiger partial charge in [0.05, 0.1) is 17.9 Å². The number of hydrogen-bond acceptors (Lipinski definition) is 6. The molecule has 1 aromatic heterocycles. The number of aryl methyl sites for hydroxylation is 1. The first kappa shape index (κ1) is 17.7. The Bertz CT molecular complexity index is 650. The molecule has 3 N–H and O–H groups in total. The summed E-state index contributed by atoms with van der Waals surface area (Å²) in [5.41, 5.74) is -0.102. The van der Waals surface area contributed by atoms with E-state index >= 15 is 0 Å². The smallest absolute Gasteiger partial charge is 0.305 e. The maximum atomic E-state index is 11.8. The molecule has 118 valence electrons. The monoisotopic (exact) mass is 324 g/mol. The lowest BCUT2D eigenvalue weighted by Gasteiger charge is -2.06. The highest BCUT2D eigenvalue weighted by Gasteiger charge is 2.12. The number of nitrogens with zero attached hydrogens (tertiary/aromatic N) is 2. The minimum atomic E-state index is -0.991. The van der Waals surface area contributed by atoms with Crippen LogP contribution >= 0.6 is 11.8 Å². The fourth-order valence-electron chi connectivity index (χ4n) is 1.59. The molecule has 0 radical (unpaired) electrons. The molecule has 0 aliphatic rings. The zero-order chi connectivity index (χ0) is 16.5. The van der Waals surface area contributed by atoms with E-state index in [-0.39, 0.29) is 35.3 Å². The summed E-state index contributed by atoms with van der Waals surface area (Å²) in [6, 6.07) is 1.83. The van der Waals surface area contributed by atoms with E-state index in [2.05, 4.69) is 15.3 Å². The molecule has 0 fully saturated rings. The van der Waals surface area contributed by atoms with Crippen LogP contribution in [-0.4, -0.2) is 39.2 Å². The van der Waals surface area contributed by atoms with Crippen molar-refractivity contribution >= 4 is 23.6 Å². The molecule has 0 saturated carbocycles. The molecule has 8 nitrogen and oxygen atoms in total. The highest BCUT2D eigenvalue weighted by Crippen LogP contribution is 2.13. The third kappa shape index (κ3) is 5.57. The van der Waals surface area contributed by atoms with Crippen LogP contribution in [0.2, 0.25) is 0 Å². The maximum Gasteiger partial charge on any atom is 0.305 e. The molecule has 9 heteroatoms. The molecule has 0 atom stereocenters. The van der Waals surface area contributed by atoms with E-state index in [0.717, 1.165) is 18.2 Å². The van der Waals surface area contributed by atoms with Gasteiger partial charge in [0, 0.05) is 6.54 Å². The molecule has 0 aliphatic carbocycles. The Balaban J connectivity index is 2.66. The quantitative estimate of drug-likeness (QED) is 0.461. The summed E-state index contributed by atoms with van der Waals surface area (Å²) in [7, 11) is 0. The number of carboxylic acids is 1. The fraction of sp³-hybridized carbons (Fsp3) is 0.462. The van der Waals surface area contributed by atoms with Crippen molar-refractivity contribution in [1.29, 1.82) is 5.26 Å². The van der Waals surface area contributed by atoms with Crippen LogP contribution in [0.4, 0.5) is 0 Å². The lowest BCUT2D eigenvalue weighted by Crippen LogP contribution is -2.27. The zero-order valence-electron chi connectivity index (χ0n) is 12.0. The number of carboxylic acid groups (broad SMARTS) is 1. The Morgan fingerprint density at radius 2 is 2.23 bits per heavy atom. The first-order chi connectivity index (χ1) is 10.5. The van der Waals surface area contributed by atoms with Gasteiger partial charge >= 0.3 is 5.97 Å². The van der Waals surface area contributed by atoms with E-state index in [1.165, 1.54) is 0 Å². The van der Waals surface area contributed by atoms with E-state index in [1.54, 1.807) is 0 Å². The number of carbonyl (C=O) groups is 2. The van der Waals surface area contributed by atoms with Gasteiger partial charge in [-0.1, -0.05) is 25.1 Å². The highest BCUT2D eigenvalue weighted by molar-refractivity contribution is 7.99. The minimum absolute atomic E-state index is 0.0000241. The Kier molecular flexibility index (Phi) is 7.12. The van der Waals surface area contributed by atoms with E-state index in [0.29, 0.717) is 12.1 Å². The van der Waals surface area contributed by atoms with Crippen LogP contribution < -0.4 is 10.9 Å². The predicted octanol–water partition coefficient (Wildman–Crippen LogP) is 0.277. The van der Waals surface area contributed by atoms with Gasteiger partial charge in [0.1, 0.15) is 11.6 Å². The van der Waals surface area contributed by atoms with Crippen LogP contribution in [-0.2, 0) is 16.0 Å². The minimum Gasteiger partial charge on any atom is -0.481 e. The number of nitriles is 1. The van der Waals surface area contributed by atoms with Crippen molar-refractivity contribution in [3.8, 4) is 6.07 Å². The van der Waals surface area contributed by atoms with Gasteiger partial charge in [0.25, 0.3) is 5.56 Å². The number of rotatable bonds is 8. The summed E-state index contributed by atoms with van der Waals surface area (Å²) in [4.78, 5) is 40.2. The van der Waals surface area contributed by atoms with Crippen LogP contribution in [0.3, 0.4) is 0 Å². The largest absolute Gasteiger partial charge is 0.481 e. The third-order valence-electron chi connectivity index (χ3n) is 2.57. The van der Waals surface area contributed by atoms with Gasteiger partial charge in [0.2, 0.25) is 5.91 Å². The summed E-state index contributed by atoms with van der Waals surface area (Å²) < 4.78 is 0. The van der Waals surface area contributed by atoms with Gasteiger partial charge in [-0.05, 0) is 6.42 Å². The average Bonchev–Trinajstić information content (AvgIpc) is 2.45. The molecule has 0 saturated heterocycles. The summed E-state index contributed by atoms with van der Waals surface area (Å²) in [6.07, 6.45) is 1.10. The van der Waals surface area contributed by atoms with Gasteiger partial charge < -0.3 is 15.4 Å². The molecule has 1 amide bonds. The number of carbonyl (C=O) groups excluding carboxylic acids is 1. The number of aromatic amines is 1. The Morgan fingerprint density at radius 1 is 1.50 bits per heavy atom. The first-order valence-corrected chi connectivity index (χ1v) is 7.61. The van der Waals surface area contributed by atoms with Crippen LogP contribution in [0.25, 0.3) is 0 Å². The summed E-state index contributed by atoms with van der Waals surface area (Å²) in [5, 5.41) is 20.1. The second-order valence-corrected chi connectivity index (χ2v) is 5.30. The van der Waals surface area contributed by atoms with Crippen molar-refractivity contribution in [1.82, 2.24) is 15.3 Å². The molecular formula is C13H16N4O4S. The number of nitrogens with one attached hydrogen (secondary N) is 2. The van der Waals surface area contributed by atoms with E-state index < -0.39 is 11.5 Å². The molecule has 0 aromatic carbocycles. The molecule has 0 spiro atoms. The predicted molar refractivity (Wildman–Crippen MR) is 79.6 cm³/mol. The second kappa shape index (κ2) is 8.84. The van der Waals surface area contributed by atoms with Crippen molar-refractivity contribution < 1.29 is 14.7 Å². The van der Waals surface area contributed by atoms with Gasteiger partial charge in [-0.15, -0.1) is 0 Å². The number of aliphatic carboxylic acids is 1. The summed E-state index contributed by atoms with van der Waals surface area (Å²) in [6.45, 7) is 1.96. The van der Waals surface area contributed by atoms with Crippen molar-refractivity contribution in [2.75, 3.05) is 12.3 Å². The van der Waals surface area contributed by atoms with Crippen LogP contribution in [0, 0.1) is 11.3 Å². The van der Waals surface area contributed by atoms with Crippen molar-refractivity contribution in [3.63, 3.8) is 0 Å². The maximum absolute atomic E-state index is 11.8. The van der Waals surface area contributed by atoms with Gasteiger partial charge in [0.15, 0.2) is 5.16 Å². The molecule has 0 bridgehead atoms. The third-order valence-corrected chi connectivity index (χ3v) is 3.45. The van der Waals surface area contributed by atoms with E-state index in [1.807, 2.05) is 13.0 Å². The zero-order valence-corrected chi connectivity index (χ0v) is 12.8. The van der Waals surface area contributed by atoms with Gasteiger partial charge in [-0.3, -0.25) is 14.4 Å². The average molecular weight is 324 g/mol. The number of hydrogen-bond donors (Lipinski definition) is 3. The van der Waals surface area contributed by atoms with Gasteiger partial charge in [-0.2, -0.15) is 5.26 Å².